The first-order valence-corrected chi connectivity index (χ1v) is 21.7. The molecule has 0 fully saturated rings. The Morgan fingerprint density at radius 1 is 0.531 bits per heavy atom. The maximum Gasteiger partial charge on any atom is 0.258 e. The van der Waals surface area contributed by atoms with Crippen LogP contribution in [0.4, 0.5) is 34.1 Å². The number of Topliss-reactive ketones (excluding diaryl/α,β-unsaturated/α-hetero) is 2. The number of halogens is 5. The normalized spacial score (nSPS) is 12.1. The molecule has 0 heterocycles. The van der Waals surface area contributed by atoms with Crippen LogP contribution in [0.1, 0.15) is 51.3 Å². The molecule has 0 aliphatic heterocycles. The van der Waals surface area contributed by atoms with Gasteiger partial charge < -0.3 is 21.3 Å². The molecule has 0 radical (unpaired) electrons. The summed E-state index contributed by atoms with van der Waals surface area (Å²) in [5.41, 5.74) is 4.16. The van der Waals surface area contributed by atoms with Crippen LogP contribution in [-0.2, 0) is 37.9 Å². The van der Waals surface area contributed by atoms with Crippen LogP contribution in [0.5, 0.6) is 0 Å². The van der Waals surface area contributed by atoms with Gasteiger partial charge in [-0.1, -0.05) is 47.5 Å². The Kier molecular flexibility index (Phi) is 18.1. The summed E-state index contributed by atoms with van der Waals surface area (Å²) in [5.74, 6) is -3.25. The quantitative estimate of drug-likeness (QED) is 0.0360. The Labute approximate surface area is 393 Å². The van der Waals surface area contributed by atoms with Crippen molar-refractivity contribution >= 4 is 127 Å². The molecule has 19 heteroatoms. The summed E-state index contributed by atoms with van der Waals surface area (Å²) in [6.45, 7) is 2.33. The highest BCUT2D eigenvalue weighted by atomic mass is 35.5. The maximum atomic E-state index is 13.4. The van der Waals surface area contributed by atoms with Crippen molar-refractivity contribution < 1.29 is 28.8 Å². The van der Waals surface area contributed by atoms with Crippen molar-refractivity contribution in [3.63, 3.8) is 0 Å². The topological polar surface area (TPSA) is 200 Å². The highest BCUT2D eigenvalue weighted by Crippen LogP contribution is 2.28. The van der Waals surface area contributed by atoms with Gasteiger partial charge >= 0.3 is 0 Å². The van der Waals surface area contributed by atoms with E-state index in [1.165, 1.54) is 68.4 Å². The Morgan fingerprint density at radius 3 is 1.42 bits per heavy atom. The molecule has 330 valence electrons. The molecule has 0 saturated heterocycles. The largest absolute Gasteiger partial charge is 0.324 e. The van der Waals surface area contributed by atoms with Crippen LogP contribution < -0.4 is 21.3 Å². The zero-order chi connectivity index (χ0) is 46.3. The summed E-state index contributed by atoms with van der Waals surface area (Å²) in [7, 11) is 0. The molecule has 0 bridgehead atoms. The number of nitrogens with one attached hydrogen (secondary N) is 4. The summed E-state index contributed by atoms with van der Waals surface area (Å²) in [4.78, 5) is 78.1. The predicted octanol–water partition coefficient (Wildman–Crippen LogP) is 11.2. The molecule has 0 aliphatic carbocycles. The Hall–Kier alpha value is -6.03. The number of amides is 4. The number of anilines is 4. The number of aryl methyl sites for hydroxylation is 2. The van der Waals surface area contributed by atoms with E-state index in [9.17, 15) is 28.8 Å². The van der Waals surface area contributed by atoms with E-state index in [0.717, 1.165) is 11.1 Å². The van der Waals surface area contributed by atoms with Crippen molar-refractivity contribution in [2.24, 2.45) is 20.5 Å². The van der Waals surface area contributed by atoms with Crippen LogP contribution in [0.2, 0.25) is 10.0 Å². The number of hydrogen-bond acceptors (Lipinski definition) is 10. The minimum atomic E-state index is -1.59. The van der Waals surface area contributed by atoms with Gasteiger partial charge in [0.25, 0.3) is 23.6 Å². The van der Waals surface area contributed by atoms with Crippen LogP contribution in [0, 0.1) is 0 Å². The lowest BCUT2D eigenvalue weighted by molar-refractivity contribution is -0.127. The molecule has 2 unspecified atom stereocenters. The monoisotopic (exact) mass is 962 g/mol. The number of carbonyl (C=O) groups excluding carboxylic acids is 6. The Bertz CT molecular complexity index is 2640. The first-order valence-electron chi connectivity index (χ1n) is 19.3. The van der Waals surface area contributed by atoms with E-state index >= 15 is 0 Å². The van der Waals surface area contributed by atoms with Gasteiger partial charge in [-0.05, 0) is 122 Å². The standard InChI is InChI=1S/C45H39Cl5N8O6/c1-25(59)40(57-55-33-9-12-37(49)35(22-33)42(61)51-30-7-3-5-27(19-30)15-17-46)44(63)53-32-11-14-39(29(21-32)24-48)54-45(64)41(26(2)60)58-56-34-10-13-38(50)36(23-34)43(62)52-31-8-4-6-28(20-31)16-18-47/h3-14,19-23,40-41H,15-18,24H2,1-2H3,(H,51,61)(H,52,62)(H,53,63)(H,54,64). The highest BCUT2D eigenvalue weighted by Gasteiger charge is 2.26. The van der Waals surface area contributed by atoms with Crippen molar-refractivity contribution in [3.05, 3.63) is 141 Å². The van der Waals surface area contributed by atoms with Crippen molar-refractivity contribution in [1.82, 2.24) is 0 Å². The van der Waals surface area contributed by atoms with Gasteiger partial charge in [-0.25, -0.2) is 0 Å². The molecular formula is C45H39Cl5N8O6. The molecule has 0 aliphatic rings. The Morgan fingerprint density at radius 2 is 0.984 bits per heavy atom. The molecule has 5 rings (SSSR count). The first kappa shape index (κ1) is 49.0. The Balaban J connectivity index is 1.24. The molecule has 0 aromatic heterocycles. The van der Waals surface area contributed by atoms with Crippen LogP contribution in [0.15, 0.2) is 124 Å². The summed E-state index contributed by atoms with van der Waals surface area (Å²) in [6.07, 6.45) is 1.24. The summed E-state index contributed by atoms with van der Waals surface area (Å²) < 4.78 is 0. The number of ketones is 2. The second-order valence-corrected chi connectivity index (χ2v) is 15.8. The molecule has 64 heavy (non-hydrogen) atoms. The minimum absolute atomic E-state index is 0.0831. The first-order chi connectivity index (χ1) is 30.7. The highest BCUT2D eigenvalue weighted by molar-refractivity contribution is 6.35. The van der Waals surface area contributed by atoms with E-state index in [1.54, 1.807) is 36.4 Å². The summed E-state index contributed by atoms with van der Waals surface area (Å²) >= 11 is 30.6. The lowest BCUT2D eigenvalue weighted by atomic mass is 10.1. The van der Waals surface area contributed by atoms with E-state index in [-0.39, 0.29) is 49.8 Å². The second kappa shape index (κ2) is 23.6. The molecule has 4 N–H and O–H groups in total. The fourth-order valence-corrected chi connectivity index (χ4v) is 6.99. The van der Waals surface area contributed by atoms with Crippen LogP contribution in [0.3, 0.4) is 0 Å². The van der Waals surface area contributed by atoms with Crippen molar-refractivity contribution in [2.75, 3.05) is 33.0 Å². The predicted molar refractivity (Wildman–Crippen MR) is 252 cm³/mol. The third-order valence-electron chi connectivity index (χ3n) is 9.14. The van der Waals surface area contributed by atoms with Gasteiger partial charge in [-0.2, -0.15) is 20.5 Å². The van der Waals surface area contributed by atoms with E-state index in [1.807, 2.05) is 12.1 Å². The zero-order valence-corrected chi connectivity index (χ0v) is 37.9. The lowest BCUT2D eigenvalue weighted by Crippen LogP contribution is -2.32. The number of benzene rings is 5. The van der Waals surface area contributed by atoms with Crippen LogP contribution >= 0.6 is 58.0 Å². The molecule has 5 aromatic rings. The molecule has 4 amide bonds. The zero-order valence-electron chi connectivity index (χ0n) is 34.1. The minimum Gasteiger partial charge on any atom is -0.324 e. The van der Waals surface area contributed by atoms with Gasteiger partial charge in [-0.15, -0.1) is 34.8 Å². The number of carbonyl (C=O) groups is 6. The number of alkyl halides is 3. The van der Waals surface area contributed by atoms with E-state index in [2.05, 4.69) is 41.7 Å². The molecular weight excluding hydrogens is 926 g/mol. The van der Waals surface area contributed by atoms with Gasteiger partial charge in [0.15, 0.2) is 11.6 Å². The lowest BCUT2D eigenvalue weighted by Gasteiger charge is -2.15. The van der Waals surface area contributed by atoms with Gasteiger partial charge in [0.05, 0.1) is 32.5 Å². The van der Waals surface area contributed by atoms with Crippen LogP contribution in [-0.4, -0.2) is 59.0 Å². The number of nitrogens with zero attached hydrogens (tertiary/aromatic N) is 4. The number of hydrogen-bond donors (Lipinski definition) is 4. The number of azo groups is 2. The third-order valence-corrected chi connectivity index (χ3v) is 10.5. The van der Waals surface area contributed by atoms with Crippen LogP contribution in [0.25, 0.3) is 0 Å². The van der Waals surface area contributed by atoms with E-state index in [4.69, 9.17) is 58.0 Å². The molecule has 0 spiro atoms. The third kappa shape index (κ3) is 13.7. The smallest absolute Gasteiger partial charge is 0.258 e. The fraction of sp³-hybridized carbons (Fsp3) is 0.200. The van der Waals surface area contributed by atoms with Crippen molar-refractivity contribution in [2.45, 2.75) is 44.7 Å². The van der Waals surface area contributed by atoms with Crippen molar-refractivity contribution in [1.29, 1.82) is 0 Å². The average molecular weight is 965 g/mol. The van der Waals surface area contributed by atoms with Gasteiger partial charge in [0.2, 0.25) is 12.1 Å². The molecule has 14 nitrogen and oxygen atoms in total. The molecule has 2 atom stereocenters. The van der Waals surface area contributed by atoms with Gasteiger partial charge in [-0.3, -0.25) is 28.8 Å². The van der Waals surface area contributed by atoms with Gasteiger partial charge in [0.1, 0.15) is 0 Å². The second-order valence-electron chi connectivity index (χ2n) is 14.0. The summed E-state index contributed by atoms with van der Waals surface area (Å²) in [6, 6.07) is 24.1. The average Bonchev–Trinajstić information content (AvgIpc) is 3.25. The number of rotatable bonds is 19. The molecule has 0 saturated carbocycles. The van der Waals surface area contributed by atoms with E-state index in [0.29, 0.717) is 41.5 Å². The van der Waals surface area contributed by atoms with Gasteiger partial charge in [0, 0.05) is 40.4 Å². The SMILES string of the molecule is CC(=O)C(N=Nc1ccc(Cl)c(C(=O)Nc2cccc(CCCl)c2)c1)C(=O)Nc1ccc(NC(=O)C(N=Nc2ccc(Cl)c(C(=O)Nc3cccc(CCCl)c3)c2)C(C)=O)c(CCl)c1. The van der Waals surface area contributed by atoms with Crippen molar-refractivity contribution in [3.8, 4) is 0 Å². The maximum absolute atomic E-state index is 13.4. The fourth-order valence-electron chi connectivity index (χ4n) is 5.92. The molecule has 5 aromatic carbocycles. The summed E-state index contributed by atoms with van der Waals surface area (Å²) in [5, 5.41) is 27.1. The van der Waals surface area contributed by atoms with E-state index < -0.39 is 47.3 Å².